The van der Waals surface area contributed by atoms with Gasteiger partial charge in [0.15, 0.2) is 11.0 Å². The predicted molar refractivity (Wildman–Crippen MR) is 102 cm³/mol. The number of nitrogens with zero attached hydrogens (tertiary/aromatic N) is 3. The average Bonchev–Trinajstić information content (AvgIpc) is 3.04. The van der Waals surface area contributed by atoms with E-state index < -0.39 is 0 Å². The van der Waals surface area contributed by atoms with Gasteiger partial charge < -0.3 is 9.84 Å². The quantitative estimate of drug-likeness (QED) is 0.527. The van der Waals surface area contributed by atoms with E-state index in [0.29, 0.717) is 27.6 Å². The Kier molecular flexibility index (Phi) is 5.41. The summed E-state index contributed by atoms with van der Waals surface area (Å²) in [6.45, 7) is 5.74. The van der Waals surface area contributed by atoms with Gasteiger partial charge >= 0.3 is 0 Å². The lowest BCUT2D eigenvalue weighted by atomic mass is 10.2. The van der Waals surface area contributed by atoms with E-state index in [1.54, 1.807) is 29.7 Å². The first-order valence-corrected chi connectivity index (χ1v) is 9.35. The fraction of sp³-hybridized carbons (Fsp3) is 0.333. The van der Waals surface area contributed by atoms with Crippen LogP contribution in [-0.4, -0.2) is 26.4 Å². The van der Waals surface area contributed by atoms with E-state index >= 15 is 0 Å². The third kappa shape index (κ3) is 3.80. The standard InChI is InChI=1S/C18H20N4O3S/c1-4-11(2)22-17(24)13-7-5-6-8-14(13)19-18(22)26-10-16(23)20-15-9-12(3)25-21-15/h5-9,11H,4,10H2,1-3H3,(H,20,21,23)/t11-/m0/s1. The topological polar surface area (TPSA) is 90.0 Å². The maximum absolute atomic E-state index is 12.9. The predicted octanol–water partition coefficient (Wildman–Crippen LogP) is 3.39. The van der Waals surface area contributed by atoms with Gasteiger partial charge in [-0.15, -0.1) is 0 Å². The second kappa shape index (κ2) is 7.74. The highest BCUT2D eigenvalue weighted by Gasteiger charge is 2.17. The van der Waals surface area contributed by atoms with Gasteiger partial charge in [-0.05, 0) is 32.4 Å². The van der Waals surface area contributed by atoms with Crippen molar-refractivity contribution in [2.24, 2.45) is 0 Å². The zero-order valence-corrected chi connectivity index (χ0v) is 15.7. The Bertz CT molecular complexity index is 996. The molecule has 0 bridgehead atoms. The van der Waals surface area contributed by atoms with Crippen molar-refractivity contribution in [3.63, 3.8) is 0 Å². The number of aryl methyl sites for hydroxylation is 1. The van der Waals surface area contributed by atoms with Gasteiger partial charge in [0.1, 0.15) is 5.76 Å². The lowest BCUT2D eigenvalue weighted by Gasteiger charge is -2.18. The number of thioether (sulfide) groups is 1. The molecular formula is C18H20N4O3S. The van der Waals surface area contributed by atoms with Gasteiger partial charge in [-0.1, -0.05) is 36.0 Å². The van der Waals surface area contributed by atoms with Crippen LogP contribution >= 0.6 is 11.8 Å². The molecule has 0 radical (unpaired) electrons. The number of anilines is 1. The second-order valence-corrected chi connectivity index (χ2v) is 6.95. The SMILES string of the molecule is CC[C@H](C)n1c(SCC(=O)Nc2cc(C)on2)nc2ccccc2c1=O. The third-order valence-corrected chi connectivity index (χ3v) is 4.99. The monoisotopic (exact) mass is 372 g/mol. The molecule has 3 aromatic rings. The first-order chi connectivity index (χ1) is 12.5. The maximum atomic E-state index is 12.9. The third-order valence-electron chi connectivity index (χ3n) is 4.03. The Morgan fingerprint density at radius 3 is 2.85 bits per heavy atom. The number of carbonyl (C=O) groups is 1. The van der Waals surface area contributed by atoms with Crippen LogP contribution < -0.4 is 10.9 Å². The summed E-state index contributed by atoms with van der Waals surface area (Å²) in [4.78, 5) is 29.6. The Morgan fingerprint density at radius 1 is 1.38 bits per heavy atom. The number of aromatic nitrogens is 3. The number of carbonyl (C=O) groups excluding carboxylic acids is 1. The molecule has 0 fully saturated rings. The number of nitrogens with one attached hydrogen (secondary N) is 1. The number of rotatable bonds is 6. The van der Waals surface area contributed by atoms with Crippen molar-refractivity contribution >= 4 is 34.4 Å². The van der Waals surface area contributed by atoms with E-state index in [4.69, 9.17) is 4.52 Å². The molecule has 1 amide bonds. The molecule has 26 heavy (non-hydrogen) atoms. The first-order valence-electron chi connectivity index (χ1n) is 8.36. The second-order valence-electron chi connectivity index (χ2n) is 6.00. The van der Waals surface area contributed by atoms with Crippen LogP contribution in [0.2, 0.25) is 0 Å². The Hall–Kier alpha value is -2.61. The molecule has 1 aromatic carbocycles. The Morgan fingerprint density at radius 2 is 2.15 bits per heavy atom. The fourth-order valence-electron chi connectivity index (χ4n) is 2.53. The zero-order valence-electron chi connectivity index (χ0n) is 14.9. The van der Waals surface area contributed by atoms with Crippen LogP contribution in [-0.2, 0) is 4.79 Å². The molecule has 0 saturated carbocycles. The summed E-state index contributed by atoms with van der Waals surface area (Å²) in [6.07, 6.45) is 0.790. The van der Waals surface area contributed by atoms with Gasteiger partial charge in [0.05, 0.1) is 16.7 Å². The lowest BCUT2D eigenvalue weighted by molar-refractivity contribution is -0.113. The Balaban J connectivity index is 1.86. The number of hydrogen-bond donors (Lipinski definition) is 1. The highest BCUT2D eigenvalue weighted by molar-refractivity contribution is 7.99. The molecule has 0 aliphatic heterocycles. The van der Waals surface area contributed by atoms with Gasteiger partial charge in [-0.3, -0.25) is 14.2 Å². The summed E-state index contributed by atoms with van der Waals surface area (Å²) in [5.74, 6) is 0.877. The highest BCUT2D eigenvalue weighted by Crippen LogP contribution is 2.22. The zero-order chi connectivity index (χ0) is 18.7. The normalized spacial score (nSPS) is 12.3. The molecule has 8 heteroatoms. The molecule has 0 unspecified atom stereocenters. The average molecular weight is 372 g/mol. The van der Waals surface area contributed by atoms with Crippen LogP contribution in [0.4, 0.5) is 5.82 Å². The number of fused-ring (bicyclic) bond motifs is 1. The maximum Gasteiger partial charge on any atom is 0.262 e. The summed E-state index contributed by atoms with van der Waals surface area (Å²) < 4.78 is 6.60. The van der Waals surface area contributed by atoms with Crippen molar-refractivity contribution in [1.82, 2.24) is 14.7 Å². The molecule has 0 spiro atoms. The molecular weight excluding hydrogens is 352 g/mol. The van der Waals surface area contributed by atoms with Crippen molar-refractivity contribution in [3.8, 4) is 0 Å². The fourth-order valence-corrected chi connectivity index (χ4v) is 3.43. The largest absolute Gasteiger partial charge is 0.360 e. The minimum Gasteiger partial charge on any atom is -0.360 e. The van der Waals surface area contributed by atoms with Crippen molar-refractivity contribution in [2.75, 3.05) is 11.1 Å². The summed E-state index contributed by atoms with van der Waals surface area (Å²) >= 11 is 1.24. The van der Waals surface area contributed by atoms with Gasteiger partial charge in [0, 0.05) is 12.1 Å². The lowest BCUT2D eigenvalue weighted by Crippen LogP contribution is -2.26. The minimum atomic E-state index is -0.235. The highest BCUT2D eigenvalue weighted by atomic mass is 32.2. The molecule has 1 atom stereocenters. The van der Waals surface area contributed by atoms with Gasteiger partial charge in [-0.2, -0.15) is 0 Å². The van der Waals surface area contributed by atoms with E-state index in [0.717, 1.165) is 6.42 Å². The van der Waals surface area contributed by atoms with Crippen molar-refractivity contribution in [2.45, 2.75) is 38.4 Å². The summed E-state index contributed by atoms with van der Waals surface area (Å²) in [6, 6.07) is 8.88. The molecule has 3 rings (SSSR count). The van der Waals surface area contributed by atoms with Gasteiger partial charge in [-0.25, -0.2) is 4.98 Å². The van der Waals surface area contributed by atoms with E-state index in [1.165, 1.54) is 11.8 Å². The molecule has 1 N–H and O–H groups in total. The molecule has 0 saturated heterocycles. The van der Waals surface area contributed by atoms with Crippen molar-refractivity contribution in [3.05, 3.63) is 46.4 Å². The molecule has 2 aromatic heterocycles. The molecule has 7 nitrogen and oxygen atoms in total. The summed E-state index contributed by atoms with van der Waals surface area (Å²) in [7, 11) is 0. The van der Waals surface area contributed by atoms with E-state index in [1.807, 2.05) is 26.0 Å². The van der Waals surface area contributed by atoms with Gasteiger partial charge in [0.25, 0.3) is 5.56 Å². The van der Waals surface area contributed by atoms with Crippen LogP contribution in [0.15, 0.2) is 44.8 Å². The number of para-hydroxylation sites is 1. The minimum absolute atomic E-state index is 0.0108. The first kappa shape index (κ1) is 18.2. The van der Waals surface area contributed by atoms with Crippen LogP contribution in [0.5, 0.6) is 0 Å². The summed E-state index contributed by atoms with van der Waals surface area (Å²) in [5.41, 5.74) is 0.548. The van der Waals surface area contributed by atoms with Crippen LogP contribution in [0, 0.1) is 6.92 Å². The van der Waals surface area contributed by atoms with Crippen LogP contribution in [0.25, 0.3) is 10.9 Å². The van der Waals surface area contributed by atoms with Gasteiger partial charge in [0.2, 0.25) is 5.91 Å². The van der Waals surface area contributed by atoms with Crippen molar-refractivity contribution in [1.29, 1.82) is 0 Å². The molecule has 136 valence electrons. The Labute approximate surface area is 154 Å². The van der Waals surface area contributed by atoms with Crippen molar-refractivity contribution < 1.29 is 9.32 Å². The number of benzene rings is 1. The number of hydrogen-bond acceptors (Lipinski definition) is 6. The van der Waals surface area contributed by atoms with E-state index in [2.05, 4.69) is 15.5 Å². The summed E-state index contributed by atoms with van der Waals surface area (Å²) in [5, 5.41) is 7.53. The molecule has 0 aliphatic rings. The molecule has 0 aliphatic carbocycles. The van der Waals surface area contributed by atoms with Crippen LogP contribution in [0.1, 0.15) is 32.1 Å². The smallest absolute Gasteiger partial charge is 0.262 e. The van der Waals surface area contributed by atoms with E-state index in [9.17, 15) is 9.59 Å². The van der Waals surface area contributed by atoms with E-state index in [-0.39, 0.29) is 23.3 Å². The van der Waals surface area contributed by atoms with Crippen LogP contribution in [0.3, 0.4) is 0 Å². The number of amides is 1. The molecule has 2 heterocycles.